The second-order valence-corrected chi connectivity index (χ2v) is 10.1. The zero-order valence-electron chi connectivity index (χ0n) is 18.3. The summed E-state index contributed by atoms with van der Waals surface area (Å²) < 4.78 is 38.5. The molecule has 1 aliphatic carbocycles. The molecular weight excluding hydrogens is 420 g/mol. The lowest BCUT2D eigenvalue weighted by Crippen LogP contribution is -2.40. The topological polar surface area (TPSA) is 102 Å². The van der Waals surface area contributed by atoms with Crippen LogP contribution in [0.4, 0.5) is 0 Å². The van der Waals surface area contributed by atoms with E-state index in [4.69, 9.17) is 9.47 Å². The van der Waals surface area contributed by atoms with Crippen molar-refractivity contribution in [2.45, 2.75) is 75.3 Å². The molecule has 2 fully saturated rings. The lowest BCUT2D eigenvalue weighted by Gasteiger charge is -2.22. The molecule has 1 saturated heterocycles. The predicted molar refractivity (Wildman–Crippen MR) is 115 cm³/mol. The number of ether oxygens (including phenoxy) is 2. The van der Waals surface area contributed by atoms with Gasteiger partial charge in [0.2, 0.25) is 10.0 Å². The number of nitrogens with one attached hydrogen (secondary N) is 1. The zero-order chi connectivity index (χ0) is 22.4. The number of carbonyl (C=O) groups is 2. The molecule has 1 aliphatic heterocycles. The molecule has 2 aliphatic rings. The Morgan fingerprint density at radius 1 is 1.06 bits per heavy atom. The number of nitrogens with zero attached hydrogens (tertiary/aromatic N) is 1. The van der Waals surface area contributed by atoms with Crippen LogP contribution in [-0.4, -0.2) is 56.9 Å². The van der Waals surface area contributed by atoms with E-state index in [0.29, 0.717) is 13.1 Å². The van der Waals surface area contributed by atoms with Crippen LogP contribution in [0.3, 0.4) is 0 Å². The van der Waals surface area contributed by atoms with Crippen molar-refractivity contribution in [1.29, 1.82) is 0 Å². The monoisotopic (exact) mass is 452 g/mol. The van der Waals surface area contributed by atoms with Crippen molar-refractivity contribution < 1.29 is 27.5 Å². The first-order chi connectivity index (χ1) is 14.8. The Kier molecular flexibility index (Phi) is 7.94. The van der Waals surface area contributed by atoms with Gasteiger partial charge in [-0.15, -0.1) is 0 Å². The first-order valence-electron chi connectivity index (χ1n) is 11.0. The summed E-state index contributed by atoms with van der Waals surface area (Å²) in [5.41, 5.74) is 0.0645. The average molecular weight is 453 g/mol. The Balaban J connectivity index is 1.75. The maximum absolute atomic E-state index is 13.2. The maximum Gasteiger partial charge on any atom is 0.338 e. The molecule has 1 N–H and O–H groups in total. The number of benzene rings is 1. The van der Waals surface area contributed by atoms with Gasteiger partial charge >= 0.3 is 5.97 Å². The van der Waals surface area contributed by atoms with Crippen molar-refractivity contribution in [3.8, 4) is 5.75 Å². The molecule has 1 aromatic carbocycles. The molecule has 0 bridgehead atoms. The van der Waals surface area contributed by atoms with Gasteiger partial charge in [-0.3, -0.25) is 4.79 Å². The van der Waals surface area contributed by atoms with Crippen LogP contribution in [-0.2, 0) is 19.6 Å². The van der Waals surface area contributed by atoms with Crippen LogP contribution in [0.15, 0.2) is 23.1 Å². The summed E-state index contributed by atoms with van der Waals surface area (Å²) in [5, 5.41) is 2.90. The van der Waals surface area contributed by atoms with Crippen molar-refractivity contribution in [1.82, 2.24) is 9.62 Å². The van der Waals surface area contributed by atoms with Crippen LogP contribution in [0.2, 0.25) is 0 Å². The van der Waals surface area contributed by atoms with Gasteiger partial charge in [-0.05, 0) is 50.8 Å². The predicted octanol–water partition coefficient (Wildman–Crippen LogP) is 2.86. The quantitative estimate of drug-likeness (QED) is 0.639. The minimum atomic E-state index is -3.82. The van der Waals surface area contributed by atoms with E-state index in [-0.39, 0.29) is 28.2 Å². The summed E-state index contributed by atoms with van der Waals surface area (Å²) in [4.78, 5) is 24.9. The average Bonchev–Trinajstić information content (AvgIpc) is 3.10. The molecule has 31 heavy (non-hydrogen) atoms. The largest absolute Gasteiger partial charge is 0.495 e. The highest BCUT2D eigenvalue weighted by Gasteiger charge is 2.30. The number of carbonyl (C=O) groups excluding carboxylic acids is 2. The van der Waals surface area contributed by atoms with E-state index < -0.39 is 22.1 Å². The van der Waals surface area contributed by atoms with Crippen LogP contribution in [0, 0.1) is 0 Å². The van der Waals surface area contributed by atoms with Crippen LogP contribution >= 0.6 is 0 Å². The highest BCUT2D eigenvalue weighted by molar-refractivity contribution is 7.89. The van der Waals surface area contributed by atoms with Crippen molar-refractivity contribution in [2.24, 2.45) is 0 Å². The Hall–Kier alpha value is -2.13. The highest BCUT2D eigenvalue weighted by atomic mass is 32.2. The first kappa shape index (κ1) is 23.5. The van der Waals surface area contributed by atoms with Crippen molar-refractivity contribution in [2.75, 3.05) is 20.2 Å². The smallest absolute Gasteiger partial charge is 0.338 e. The number of methoxy groups -OCH3 is 1. The van der Waals surface area contributed by atoms with E-state index in [9.17, 15) is 18.0 Å². The molecule has 1 atom stereocenters. The normalized spacial score (nSPS) is 19.4. The van der Waals surface area contributed by atoms with E-state index in [0.717, 1.165) is 51.4 Å². The van der Waals surface area contributed by atoms with Crippen LogP contribution in [0.1, 0.15) is 68.6 Å². The summed E-state index contributed by atoms with van der Waals surface area (Å²) in [7, 11) is -2.43. The standard InChI is InChI=1S/C22H32N2O6S/c1-16(21(25)23-18-9-5-6-10-18)30-22(26)17-11-12-19(29-2)20(15-17)31(27,28)24-13-7-3-4-8-14-24/h11-12,15-16,18H,3-10,13-14H2,1-2H3,(H,23,25)/t16-/m1/s1. The van der Waals surface area contributed by atoms with E-state index in [1.54, 1.807) is 0 Å². The summed E-state index contributed by atoms with van der Waals surface area (Å²) in [6.45, 7) is 2.40. The number of hydrogen-bond acceptors (Lipinski definition) is 6. The number of rotatable bonds is 7. The highest BCUT2D eigenvalue weighted by Crippen LogP contribution is 2.29. The van der Waals surface area contributed by atoms with E-state index in [1.165, 1.54) is 36.5 Å². The summed E-state index contributed by atoms with van der Waals surface area (Å²) in [6, 6.07) is 4.30. The SMILES string of the molecule is COc1ccc(C(=O)O[C@H](C)C(=O)NC2CCCC2)cc1S(=O)(=O)N1CCCCCC1. The molecule has 9 heteroatoms. The maximum atomic E-state index is 13.2. The number of esters is 1. The van der Waals surface area contributed by atoms with Crippen molar-refractivity contribution in [3.63, 3.8) is 0 Å². The lowest BCUT2D eigenvalue weighted by molar-refractivity contribution is -0.129. The summed E-state index contributed by atoms with van der Waals surface area (Å²) in [6.07, 6.45) is 6.66. The third-order valence-electron chi connectivity index (χ3n) is 5.94. The Labute approximate surface area is 184 Å². The van der Waals surface area contributed by atoms with Crippen LogP contribution in [0.5, 0.6) is 5.75 Å². The molecule has 1 amide bonds. The Morgan fingerprint density at radius 2 is 1.71 bits per heavy atom. The van der Waals surface area contributed by atoms with Gasteiger partial charge in [0.15, 0.2) is 6.10 Å². The molecule has 0 spiro atoms. The van der Waals surface area contributed by atoms with Gasteiger partial charge in [-0.1, -0.05) is 25.7 Å². The van der Waals surface area contributed by atoms with Gasteiger partial charge < -0.3 is 14.8 Å². The van der Waals surface area contributed by atoms with Crippen molar-refractivity contribution in [3.05, 3.63) is 23.8 Å². The second-order valence-electron chi connectivity index (χ2n) is 8.22. The van der Waals surface area contributed by atoms with Gasteiger partial charge in [-0.2, -0.15) is 4.31 Å². The molecular formula is C22H32N2O6S. The minimum Gasteiger partial charge on any atom is -0.495 e. The number of sulfonamides is 1. The molecule has 0 aromatic heterocycles. The van der Waals surface area contributed by atoms with Gasteiger partial charge in [0.25, 0.3) is 5.91 Å². The third-order valence-corrected chi connectivity index (χ3v) is 7.86. The molecule has 1 saturated carbocycles. The molecule has 0 radical (unpaired) electrons. The molecule has 172 valence electrons. The first-order valence-corrected chi connectivity index (χ1v) is 12.5. The Bertz CT molecular complexity index is 887. The minimum absolute atomic E-state index is 0.0607. The molecule has 0 unspecified atom stereocenters. The van der Waals surface area contributed by atoms with Crippen LogP contribution < -0.4 is 10.1 Å². The number of amides is 1. The van der Waals surface area contributed by atoms with Crippen molar-refractivity contribution >= 4 is 21.9 Å². The van der Waals surface area contributed by atoms with E-state index in [2.05, 4.69) is 5.32 Å². The van der Waals surface area contributed by atoms with Gasteiger partial charge in [0.05, 0.1) is 12.7 Å². The van der Waals surface area contributed by atoms with E-state index >= 15 is 0 Å². The molecule has 8 nitrogen and oxygen atoms in total. The molecule has 3 rings (SSSR count). The molecule has 1 heterocycles. The summed E-state index contributed by atoms with van der Waals surface area (Å²) in [5.74, 6) is -0.914. The fourth-order valence-electron chi connectivity index (χ4n) is 4.10. The number of hydrogen-bond donors (Lipinski definition) is 1. The third kappa shape index (κ3) is 5.77. The lowest BCUT2D eigenvalue weighted by atomic mass is 10.2. The van der Waals surface area contributed by atoms with Gasteiger partial charge in [-0.25, -0.2) is 13.2 Å². The van der Waals surface area contributed by atoms with Crippen LogP contribution in [0.25, 0.3) is 0 Å². The van der Waals surface area contributed by atoms with Gasteiger partial charge in [0, 0.05) is 19.1 Å². The molecule has 1 aromatic rings. The zero-order valence-corrected chi connectivity index (χ0v) is 19.1. The fourth-order valence-corrected chi connectivity index (χ4v) is 5.80. The summed E-state index contributed by atoms with van der Waals surface area (Å²) >= 11 is 0. The fraction of sp³-hybridized carbons (Fsp3) is 0.636. The Morgan fingerprint density at radius 3 is 2.32 bits per heavy atom. The van der Waals surface area contributed by atoms with E-state index in [1.807, 2.05) is 0 Å². The second kappa shape index (κ2) is 10.5. The van der Waals surface area contributed by atoms with Gasteiger partial charge in [0.1, 0.15) is 10.6 Å².